The molecule has 0 aliphatic carbocycles. The van der Waals surface area contributed by atoms with Crippen molar-refractivity contribution < 1.29 is 19.2 Å². The van der Waals surface area contributed by atoms with E-state index >= 15 is 0 Å². The summed E-state index contributed by atoms with van der Waals surface area (Å²) in [6.07, 6.45) is 9.73. The van der Waals surface area contributed by atoms with Crippen molar-refractivity contribution in [3.63, 3.8) is 0 Å². The van der Waals surface area contributed by atoms with Crippen molar-refractivity contribution >= 4 is 55.5 Å². The summed E-state index contributed by atoms with van der Waals surface area (Å²) in [5, 5.41) is 6.04. The predicted molar refractivity (Wildman–Crippen MR) is 215 cm³/mol. The van der Waals surface area contributed by atoms with Gasteiger partial charge in [-0.25, -0.2) is 0 Å². The van der Waals surface area contributed by atoms with Crippen LogP contribution in [0.3, 0.4) is 0 Å². The van der Waals surface area contributed by atoms with E-state index in [0.29, 0.717) is 37.3 Å². The van der Waals surface area contributed by atoms with Gasteiger partial charge in [0.1, 0.15) is 12.1 Å². The zero-order chi connectivity index (χ0) is 38.6. The molecule has 10 nitrogen and oxygen atoms in total. The van der Waals surface area contributed by atoms with Crippen molar-refractivity contribution in [1.82, 2.24) is 30.2 Å². The van der Waals surface area contributed by atoms with E-state index in [1.54, 1.807) is 24.6 Å². The molecule has 0 bridgehead atoms. The van der Waals surface area contributed by atoms with Crippen LogP contribution in [0.1, 0.15) is 64.8 Å². The van der Waals surface area contributed by atoms with Crippen molar-refractivity contribution in [1.29, 1.82) is 0 Å². The maximum Gasteiger partial charge on any atom is 0.249 e. The number of amides is 4. The maximum absolute atomic E-state index is 13.7. The molecule has 52 heavy (non-hydrogen) atoms. The number of carbonyl (C=O) groups is 4. The Morgan fingerprint density at radius 3 is 1.23 bits per heavy atom. The van der Waals surface area contributed by atoms with E-state index < -0.39 is 23.2 Å². The minimum Gasteiger partial charge on any atom is -0.374 e. The Bertz CT molecular complexity index is 1500. The highest BCUT2D eigenvalue weighted by Gasteiger charge is 2.33. The van der Waals surface area contributed by atoms with E-state index in [0.717, 1.165) is 8.95 Å². The Kier molecular flexibility index (Phi) is 15.5. The topological polar surface area (TPSA) is 105 Å². The number of benzene rings is 2. The molecule has 1 saturated heterocycles. The van der Waals surface area contributed by atoms with Gasteiger partial charge < -0.3 is 30.2 Å². The first-order chi connectivity index (χ1) is 24.4. The van der Waals surface area contributed by atoms with E-state index in [9.17, 15) is 19.2 Å². The van der Waals surface area contributed by atoms with Crippen LogP contribution >= 0.6 is 31.9 Å². The number of nitrogens with zero attached hydrogens (tertiary/aromatic N) is 4. The molecule has 2 N–H and O–H groups in total. The molecule has 0 radical (unpaired) electrons. The minimum atomic E-state index is -0.856. The Labute approximate surface area is 325 Å². The van der Waals surface area contributed by atoms with Gasteiger partial charge >= 0.3 is 0 Å². The number of rotatable bonds is 14. The molecule has 4 amide bonds. The SMILES string of the molecule is C=CCN(C(=O)/C=C/N1CCN(/C=C/C(=O)N(CC=C)C(C(=O)NC(C)(C)C)c2ccc(Br)cc2)CC1)C(C(=O)NC(C)(C)C)c1ccc(Br)cc1. The number of carbonyl (C=O) groups excluding carboxylic acids is 4. The van der Waals surface area contributed by atoms with Crippen molar-refractivity contribution in [3.8, 4) is 0 Å². The standard InChI is InChI=1S/C40H52Br2N6O4/c1-9-21-47(35(37(51)43-39(3,4)5)29-11-15-31(41)16-12-29)33(49)19-23-45-25-27-46(28-26-45)24-20-34(50)48(22-10-2)36(38(52)44-40(6,7)8)30-13-17-32(42)18-14-30/h9-20,23-24,35-36H,1-2,21-22,25-28H2,3-8H3,(H,43,51)(H,44,52)/b23-19+,24-20+. The summed E-state index contributed by atoms with van der Waals surface area (Å²) < 4.78 is 1.74. The van der Waals surface area contributed by atoms with Crippen LogP contribution in [0, 0.1) is 0 Å². The van der Waals surface area contributed by atoms with Crippen molar-refractivity contribution in [2.75, 3.05) is 39.3 Å². The molecule has 280 valence electrons. The molecule has 3 rings (SSSR count). The lowest BCUT2D eigenvalue weighted by Crippen LogP contribution is -2.49. The first kappa shape index (κ1) is 42.3. The second-order valence-corrected chi connectivity index (χ2v) is 16.5. The fourth-order valence-corrected chi connectivity index (χ4v) is 6.13. The zero-order valence-electron chi connectivity index (χ0n) is 31.1. The first-order valence-electron chi connectivity index (χ1n) is 17.2. The van der Waals surface area contributed by atoms with Crippen molar-refractivity contribution in [2.24, 2.45) is 0 Å². The quantitative estimate of drug-likeness (QED) is 0.167. The van der Waals surface area contributed by atoms with Gasteiger partial charge in [0.15, 0.2) is 0 Å². The summed E-state index contributed by atoms with van der Waals surface area (Å²) in [5.74, 6) is -1.19. The van der Waals surface area contributed by atoms with Gasteiger partial charge in [-0.3, -0.25) is 19.2 Å². The fourth-order valence-electron chi connectivity index (χ4n) is 5.60. The largest absolute Gasteiger partial charge is 0.374 e. The second kappa shape index (κ2) is 19.1. The summed E-state index contributed by atoms with van der Waals surface area (Å²) in [6.45, 7) is 21.9. The highest BCUT2D eigenvalue weighted by atomic mass is 79.9. The van der Waals surface area contributed by atoms with Crippen LogP contribution in [0.25, 0.3) is 0 Å². The van der Waals surface area contributed by atoms with E-state index in [-0.39, 0.29) is 36.7 Å². The van der Waals surface area contributed by atoms with Gasteiger partial charge in [-0.05, 0) is 76.9 Å². The van der Waals surface area contributed by atoms with Crippen LogP contribution in [0.2, 0.25) is 0 Å². The van der Waals surface area contributed by atoms with Crippen LogP contribution < -0.4 is 10.6 Å². The molecule has 0 aromatic heterocycles. The van der Waals surface area contributed by atoms with Crippen LogP contribution in [-0.2, 0) is 19.2 Å². The van der Waals surface area contributed by atoms with Gasteiger partial charge in [-0.1, -0.05) is 68.3 Å². The van der Waals surface area contributed by atoms with Crippen LogP contribution in [0.4, 0.5) is 0 Å². The van der Waals surface area contributed by atoms with Gasteiger partial charge in [0.2, 0.25) is 23.6 Å². The third kappa shape index (κ3) is 13.1. The molecule has 2 aromatic rings. The highest BCUT2D eigenvalue weighted by molar-refractivity contribution is 9.10. The Balaban J connectivity index is 1.72. The monoisotopic (exact) mass is 838 g/mol. The molecule has 1 heterocycles. The molecule has 0 saturated carbocycles. The summed E-state index contributed by atoms with van der Waals surface area (Å²) in [4.78, 5) is 61.5. The molecule has 12 heteroatoms. The maximum atomic E-state index is 13.7. The van der Waals surface area contributed by atoms with E-state index in [4.69, 9.17) is 0 Å². The van der Waals surface area contributed by atoms with Crippen molar-refractivity contribution in [2.45, 2.75) is 64.7 Å². The molecular weight excluding hydrogens is 788 g/mol. The summed E-state index contributed by atoms with van der Waals surface area (Å²) in [5.41, 5.74) is 0.393. The van der Waals surface area contributed by atoms with Gasteiger partial charge in [-0.15, -0.1) is 13.2 Å². The second-order valence-electron chi connectivity index (χ2n) is 14.6. The predicted octanol–water partition coefficient (Wildman–Crippen LogP) is 6.50. The molecule has 0 spiro atoms. The van der Waals surface area contributed by atoms with Gasteiger partial charge in [0.25, 0.3) is 0 Å². The van der Waals surface area contributed by atoms with E-state index in [1.807, 2.05) is 99.9 Å². The van der Waals surface area contributed by atoms with Crippen LogP contribution in [-0.4, -0.2) is 93.6 Å². The van der Waals surface area contributed by atoms with Crippen LogP contribution in [0.5, 0.6) is 0 Å². The lowest BCUT2D eigenvalue weighted by atomic mass is 10.0. The number of piperazine rings is 1. The lowest BCUT2D eigenvalue weighted by molar-refractivity contribution is -0.137. The van der Waals surface area contributed by atoms with Gasteiger partial charge in [0, 0.05) is 83.8 Å². The third-order valence-electron chi connectivity index (χ3n) is 7.91. The third-order valence-corrected chi connectivity index (χ3v) is 8.97. The number of nitrogens with one attached hydrogen (secondary N) is 2. The Hall–Kier alpha value is -4.16. The molecule has 2 aromatic carbocycles. The fraction of sp³-hybridized carbons (Fsp3) is 0.400. The minimum absolute atomic E-state index is 0.178. The smallest absolute Gasteiger partial charge is 0.249 e. The highest BCUT2D eigenvalue weighted by Crippen LogP contribution is 2.26. The zero-order valence-corrected chi connectivity index (χ0v) is 34.2. The summed E-state index contributed by atoms with van der Waals surface area (Å²) in [7, 11) is 0. The lowest BCUT2D eigenvalue weighted by Gasteiger charge is -2.35. The molecule has 1 aliphatic heterocycles. The average molecular weight is 841 g/mol. The molecule has 1 aliphatic rings. The number of hydrogen-bond acceptors (Lipinski definition) is 6. The van der Waals surface area contributed by atoms with Gasteiger partial charge in [-0.2, -0.15) is 0 Å². The molecule has 2 atom stereocenters. The molecule has 1 fully saturated rings. The van der Waals surface area contributed by atoms with Crippen LogP contribution in [0.15, 0.2) is 107 Å². The van der Waals surface area contributed by atoms with Crippen molar-refractivity contribution in [3.05, 3.63) is 118 Å². The molecule has 2 unspecified atom stereocenters. The number of hydrogen-bond donors (Lipinski definition) is 2. The average Bonchev–Trinajstić information content (AvgIpc) is 3.06. The Morgan fingerprint density at radius 2 is 0.962 bits per heavy atom. The van der Waals surface area contributed by atoms with E-state index in [1.165, 1.54) is 22.0 Å². The number of halogens is 2. The Morgan fingerprint density at radius 1 is 0.654 bits per heavy atom. The summed E-state index contributed by atoms with van der Waals surface area (Å²) >= 11 is 6.90. The molecular formula is C40H52Br2N6O4. The van der Waals surface area contributed by atoms with Gasteiger partial charge in [0.05, 0.1) is 0 Å². The normalized spacial score (nSPS) is 14.8. The first-order valence-corrected chi connectivity index (χ1v) is 18.8. The summed E-state index contributed by atoms with van der Waals surface area (Å²) in [6, 6.07) is 13.0. The van der Waals surface area contributed by atoms with E-state index in [2.05, 4.69) is 55.7 Å².